The molecule has 0 saturated carbocycles. The third kappa shape index (κ3) is 1.10. The molecule has 0 spiro atoms. The zero-order valence-electron chi connectivity index (χ0n) is 6.40. The molecule has 1 aromatic carbocycles. The molecule has 0 nitrogen and oxygen atoms in total. The van der Waals surface area contributed by atoms with Crippen LogP contribution in [0.25, 0.3) is 10.1 Å². The fourth-order valence-corrected chi connectivity index (χ4v) is 1.94. The van der Waals surface area contributed by atoms with Gasteiger partial charge in [0.05, 0.1) is 0 Å². The maximum absolute atomic E-state index is 12.9. The Bertz CT molecular complexity index is 392. The molecule has 2 rings (SSSR count). The van der Waals surface area contributed by atoms with Gasteiger partial charge in [0.25, 0.3) is 0 Å². The summed E-state index contributed by atoms with van der Waals surface area (Å²) in [5.41, 5.74) is 0.556. The molecule has 3 heteroatoms. The normalized spacial score (nSPS) is 10.9. The van der Waals surface area contributed by atoms with Crippen LogP contribution in [0.4, 0.5) is 8.78 Å². The van der Waals surface area contributed by atoms with Gasteiger partial charge in [0.2, 0.25) is 0 Å². The van der Waals surface area contributed by atoms with Gasteiger partial charge in [-0.25, -0.2) is 4.39 Å². The number of halogens is 2. The van der Waals surface area contributed by atoms with Crippen molar-refractivity contribution in [3.8, 4) is 0 Å². The van der Waals surface area contributed by atoms with E-state index in [4.69, 9.17) is 0 Å². The van der Waals surface area contributed by atoms with Gasteiger partial charge < -0.3 is 0 Å². The van der Waals surface area contributed by atoms with Gasteiger partial charge in [0.15, 0.2) is 5.13 Å². The van der Waals surface area contributed by atoms with E-state index in [1.54, 1.807) is 13.0 Å². The Labute approximate surface area is 72.4 Å². The van der Waals surface area contributed by atoms with Crippen molar-refractivity contribution in [1.29, 1.82) is 0 Å². The second-order valence-electron chi connectivity index (χ2n) is 2.69. The van der Waals surface area contributed by atoms with Crippen molar-refractivity contribution in [2.45, 2.75) is 6.92 Å². The lowest BCUT2D eigenvalue weighted by molar-refractivity contribution is 0.621. The minimum Gasteiger partial charge on any atom is -0.207 e. The Morgan fingerprint density at radius 2 is 1.92 bits per heavy atom. The van der Waals surface area contributed by atoms with E-state index in [9.17, 15) is 8.78 Å². The van der Waals surface area contributed by atoms with Crippen LogP contribution in [-0.4, -0.2) is 0 Å². The second-order valence-corrected chi connectivity index (χ2v) is 3.72. The lowest BCUT2D eigenvalue weighted by atomic mass is 10.2. The molecular weight excluding hydrogens is 178 g/mol. The van der Waals surface area contributed by atoms with Crippen molar-refractivity contribution in [3.05, 3.63) is 34.7 Å². The molecule has 0 unspecified atom stereocenters. The maximum atomic E-state index is 12.9. The number of fused-ring (bicyclic) bond motifs is 1. The van der Waals surface area contributed by atoms with Crippen LogP contribution in [0.1, 0.15) is 5.56 Å². The molecule has 12 heavy (non-hydrogen) atoms. The zero-order valence-corrected chi connectivity index (χ0v) is 7.21. The Kier molecular flexibility index (Phi) is 1.61. The molecule has 1 aromatic heterocycles. The molecule has 1 heterocycles. The van der Waals surface area contributed by atoms with Crippen LogP contribution >= 0.6 is 11.3 Å². The lowest BCUT2D eigenvalue weighted by Crippen LogP contribution is -1.78. The fraction of sp³-hybridized carbons (Fsp3) is 0.111. The van der Waals surface area contributed by atoms with Crippen molar-refractivity contribution in [2.75, 3.05) is 0 Å². The Morgan fingerprint density at radius 1 is 1.17 bits per heavy atom. The Morgan fingerprint density at radius 3 is 2.67 bits per heavy atom. The fourth-order valence-electron chi connectivity index (χ4n) is 1.14. The molecular formula is C9H6F2S. The van der Waals surface area contributed by atoms with Gasteiger partial charge in [0.1, 0.15) is 5.82 Å². The van der Waals surface area contributed by atoms with Gasteiger partial charge in [0, 0.05) is 4.70 Å². The van der Waals surface area contributed by atoms with Crippen molar-refractivity contribution in [2.24, 2.45) is 0 Å². The van der Waals surface area contributed by atoms with Crippen LogP contribution in [-0.2, 0) is 0 Å². The van der Waals surface area contributed by atoms with Crippen molar-refractivity contribution in [3.63, 3.8) is 0 Å². The second kappa shape index (κ2) is 2.52. The zero-order chi connectivity index (χ0) is 8.72. The van der Waals surface area contributed by atoms with E-state index in [0.29, 0.717) is 10.3 Å². The molecule has 0 saturated heterocycles. The molecule has 0 aliphatic rings. The van der Waals surface area contributed by atoms with Gasteiger partial charge in [-0.2, -0.15) is 4.39 Å². The van der Waals surface area contributed by atoms with Crippen LogP contribution in [0, 0.1) is 17.9 Å². The summed E-state index contributed by atoms with van der Waals surface area (Å²) in [6.07, 6.45) is 0. The highest BCUT2D eigenvalue weighted by atomic mass is 32.1. The van der Waals surface area contributed by atoms with Gasteiger partial charge >= 0.3 is 0 Å². The molecule has 0 aliphatic carbocycles. The summed E-state index contributed by atoms with van der Waals surface area (Å²) in [7, 11) is 0. The summed E-state index contributed by atoms with van der Waals surface area (Å²) in [5.74, 6) is -0.274. The van der Waals surface area contributed by atoms with Crippen LogP contribution < -0.4 is 0 Å². The smallest absolute Gasteiger partial charge is 0.177 e. The molecule has 62 valence electrons. The summed E-state index contributed by atoms with van der Waals surface area (Å²) >= 11 is 0.968. The van der Waals surface area contributed by atoms with Crippen molar-refractivity contribution in [1.82, 2.24) is 0 Å². The maximum Gasteiger partial charge on any atom is 0.177 e. The molecule has 0 bridgehead atoms. The quantitative estimate of drug-likeness (QED) is 0.588. The monoisotopic (exact) mass is 184 g/mol. The molecule has 0 fully saturated rings. The SMILES string of the molecule is Cc1cc2cc(F)sc2cc1F. The number of aryl methyl sites for hydroxylation is 1. The molecule has 0 amide bonds. The average molecular weight is 184 g/mol. The third-order valence-electron chi connectivity index (χ3n) is 1.77. The average Bonchev–Trinajstić information content (AvgIpc) is 2.30. The van der Waals surface area contributed by atoms with E-state index in [1.807, 2.05) is 0 Å². The van der Waals surface area contributed by atoms with Crippen LogP contribution in [0.5, 0.6) is 0 Å². The standard InChI is InChI=1S/C9H6F2S/c1-5-2-6-3-9(11)12-8(6)4-7(5)10/h2-4H,1H3. The topological polar surface area (TPSA) is 0 Å². The van der Waals surface area contributed by atoms with E-state index in [-0.39, 0.29) is 10.9 Å². The van der Waals surface area contributed by atoms with E-state index in [1.165, 1.54) is 12.1 Å². The minimum absolute atomic E-state index is 0.269. The van der Waals surface area contributed by atoms with Crippen LogP contribution in [0.2, 0.25) is 0 Å². The predicted octanol–water partition coefficient (Wildman–Crippen LogP) is 3.49. The van der Waals surface area contributed by atoms with E-state index in [2.05, 4.69) is 0 Å². The molecule has 0 radical (unpaired) electrons. The summed E-state index contributed by atoms with van der Waals surface area (Å²) in [6, 6.07) is 4.45. The summed E-state index contributed by atoms with van der Waals surface area (Å²) < 4.78 is 26.3. The van der Waals surface area contributed by atoms with Gasteiger partial charge in [-0.1, -0.05) is 0 Å². The first-order valence-electron chi connectivity index (χ1n) is 3.52. The van der Waals surface area contributed by atoms with Gasteiger partial charge in [-0.15, -0.1) is 11.3 Å². The van der Waals surface area contributed by atoms with Crippen molar-refractivity contribution < 1.29 is 8.78 Å². The lowest BCUT2D eigenvalue weighted by Gasteiger charge is -1.94. The number of hydrogen-bond donors (Lipinski definition) is 0. The largest absolute Gasteiger partial charge is 0.207 e. The highest BCUT2D eigenvalue weighted by Crippen LogP contribution is 2.26. The van der Waals surface area contributed by atoms with E-state index in [0.717, 1.165) is 16.7 Å². The molecule has 0 atom stereocenters. The Hall–Kier alpha value is -0.960. The summed E-state index contributed by atoms with van der Waals surface area (Å²) in [4.78, 5) is 0. The minimum atomic E-state index is -0.274. The summed E-state index contributed by atoms with van der Waals surface area (Å²) in [6.45, 7) is 1.67. The predicted molar refractivity (Wildman–Crippen MR) is 46.5 cm³/mol. The Balaban J connectivity index is 2.83. The third-order valence-corrected chi connectivity index (χ3v) is 2.65. The first-order valence-corrected chi connectivity index (χ1v) is 4.33. The van der Waals surface area contributed by atoms with Crippen molar-refractivity contribution >= 4 is 21.4 Å². The van der Waals surface area contributed by atoms with Crippen LogP contribution in [0.3, 0.4) is 0 Å². The highest BCUT2D eigenvalue weighted by Gasteiger charge is 2.04. The number of benzene rings is 1. The summed E-state index contributed by atoms with van der Waals surface area (Å²) in [5, 5.41) is 0.506. The highest BCUT2D eigenvalue weighted by molar-refractivity contribution is 7.17. The molecule has 2 aromatic rings. The number of rotatable bonds is 0. The van der Waals surface area contributed by atoms with E-state index >= 15 is 0 Å². The number of hydrogen-bond acceptors (Lipinski definition) is 1. The van der Waals surface area contributed by atoms with Gasteiger partial charge in [-0.3, -0.25) is 0 Å². The first kappa shape index (κ1) is 7.68. The first-order chi connectivity index (χ1) is 5.66. The number of thiophene rings is 1. The van der Waals surface area contributed by atoms with Gasteiger partial charge in [-0.05, 0) is 36.1 Å². The van der Waals surface area contributed by atoms with Crippen LogP contribution in [0.15, 0.2) is 18.2 Å². The van der Waals surface area contributed by atoms with E-state index < -0.39 is 0 Å². The molecule has 0 N–H and O–H groups in total. The molecule has 0 aliphatic heterocycles.